The van der Waals surface area contributed by atoms with E-state index in [0.717, 1.165) is 58.0 Å². The van der Waals surface area contributed by atoms with Crippen molar-refractivity contribution < 1.29 is 19.1 Å². The average molecular weight is 409 g/mol. The second-order valence-electron chi connectivity index (χ2n) is 10.2. The van der Waals surface area contributed by atoms with Gasteiger partial charge in [0.15, 0.2) is 0 Å². The zero-order valence-electron chi connectivity index (χ0n) is 19.5. The van der Waals surface area contributed by atoms with E-state index >= 15 is 0 Å². The van der Waals surface area contributed by atoms with Crippen molar-refractivity contribution in [2.75, 3.05) is 13.2 Å². The first-order chi connectivity index (χ1) is 13.8. The zero-order valence-corrected chi connectivity index (χ0v) is 19.5. The number of rotatable bonds is 10. The maximum Gasteiger partial charge on any atom is 0.308 e. The maximum absolute atomic E-state index is 12.5. The van der Waals surface area contributed by atoms with Crippen LogP contribution < -0.4 is 0 Å². The van der Waals surface area contributed by atoms with Gasteiger partial charge in [-0.3, -0.25) is 9.59 Å². The Morgan fingerprint density at radius 2 is 1.38 bits per heavy atom. The summed E-state index contributed by atoms with van der Waals surface area (Å²) in [6.45, 7) is 12.0. The zero-order chi connectivity index (χ0) is 21.4. The molecule has 1 unspecified atom stereocenters. The smallest absolute Gasteiger partial charge is 0.308 e. The van der Waals surface area contributed by atoms with Gasteiger partial charge in [-0.2, -0.15) is 0 Å². The van der Waals surface area contributed by atoms with Crippen molar-refractivity contribution >= 4 is 11.8 Å². The highest BCUT2D eigenvalue weighted by molar-refractivity contribution is 5.83. The Hall–Kier alpha value is -0.900. The Balaban J connectivity index is 1.62. The van der Waals surface area contributed by atoms with Crippen molar-refractivity contribution in [1.29, 1.82) is 0 Å². The number of hydrogen-bond donors (Lipinski definition) is 0. The molecule has 0 aromatic heterocycles. The Bertz CT molecular complexity index is 511. The molecule has 0 bridgehead atoms. The fraction of sp³-hybridized carbons (Fsp3) is 0.920. The first-order valence-electron chi connectivity index (χ1n) is 12.1. The van der Waals surface area contributed by atoms with Crippen LogP contribution in [-0.4, -0.2) is 30.6 Å². The molecule has 2 saturated carbocycles. The summed E-state index contributed by atoms with van der Waals surface area (Å²) in [6, 6.07) is 0. The molecule has 168 valence electrons. The van der Waals surface area contributed by atoms with Crippen LogP contribution in [0.1, 0.15) is 98.8 Å². The van der Waals surface area contributed by atoms with Crippen molar-refractivity contribution in [3.63, 3.8) is 0 Å². The summed E-state index contributed by atoms with van der Waals surface area (Å²) < 4.78 is 11.8. The quantitative estimate of drug-likeness (QED) is 0.418. The molecular weight excluding hydrogens is 364 g/mol. The molecule has 1 atom stereocenters. The molecular formula is C25H44O4. The van der Waals surface area contributed by atoms with Gasteiger partial charge in [-0.05, 0) is 89.9 Å². The fourth-order valence-electron chi connectivity index (χ4n) is 4.55. The van der Waals surface area contributed by atoms with Crippen LogP contribution in [0.4, 0.5) is 0 Å². The standard InChI is InChI=1S/C25H44O4/c1-6-18(3)23(26)21-12-14-22(15-13-21)24(27)28-16-19-8-10-20(11-9-19)17-29-25(4,5)7-2/h18-22H,6-17H2,1-5H3. The third kappa shape index (κ3) is 7.70. The normalized spacial score (nSPS) is 29.3. The number of ketones is 1. The Morgan fingerprint density at radius 1 is 0.862 bits per heavy atom. The summed E-state index contributed by atoms with van der Waals surface area (Å²) in [5, 5.41) is 0. The number of carbonyl (C=O) groups is 2. The molecule has 4 nitrogen and oxygen atoms in total. The highest BCUT2D eigenvalue weighted by atomic mass is 16.5. The number of Topliss-reactive ketones (excluding diaryl/α,β-unsaturated/α-hetero) is 1. The molecule has 2 aliphatic carbocycles. The van der Waals surface area contributed by atoms with Gasteiger partial charge in [0.05, 0.1) is 24.7 Å². The number of hydrogen-bond acceptors (Lipinski definition) is 4. The molecule has 0 spiro atoms. The van der Waals surface area contributed by atoms with E-state index in [4.69, 9.17) is 9.47 Å². The van der Waals surface area contributed by atoms with Crippen LogP contribution in [0.3, 0.4) is 0 Å². The second-order valence-corrected chi connectivity index (χ2v) is 10.2. The SMILES string of the molecule is CCC(C)C(=O)C1CCC(C(=O)OCC2CCC(COC(C)(C)CC)CC2)CC1. The van der Waals surface area contributed by atoms with E-state index in [9.17, 15) is 9.59 Å². The second kappa shape index (κ2) is 11.5. The molecule has 0 aromatic rings. The fourth-order valence-corrected chi connectivity index (χ4v) is 4.55. The molecule has 0 heterocycles. The van der Waals surface area contributed by atoms with Gasteiger partial charge < -0.3 is 9.47 Å². The average Bonchev–Trinajstić information content (AvgIpc) is 2.75. The third-order valence-corrected chi connectivity index (χ3v) is 7.55. The minimum absolute atomic E-state index is 0.00278. The molecule has 0 N–H and O–H groups in total. The van der Waals surface area contributed by atoms with Crippen molar-refractivity contribution in [2.45, 2.75) is 104 Å². The summed E-state index contributed by atoms with van der Waals surface area (Å²) in [6.07, 6.45) is 9.86. The summed E-state index contributed by atoms with van der Waals surface area (Å²) in [5.41, 5.74) is -0.0232. The number of esters is 1. The van der Waals surface area contributed by atoms with E-state index in [1.807, 2.05) is 6.92 Å². The van der Waals surface area contributed by atoms with Crippen molar-refractivity contribution in [1.82, 2.24) is 0 Å². The summed E-state index contributed by atoms with van der Waals surface area (Å²) >= 11 is 0. The lowest BCUT2D eigenvalue weighted by atomic mass is 9.77. The molecule has 0 radical (unpaired) electrons. The van der Waals surface area contributed by atoms with Gasteiger partial charge in [-0.25, -0.2) is 0 Å². The highest BCUT2D eigenvalue weighted by Crippen LogP contribution is 2.34. The monoisotopic (exact) mass is 408 g/mol. The van der Waals surface area contributed by atoms with E-state index in [1.54, 1.807) is 0 Å². The molecule has 2 aliphatic rings. The Morgan fingerprint density at radius 3 is 1.90 bits per heavy atom. The predicted molar refractivity (Wildman–Crippen MR) is 117 cm³/mol. The van der Waals surface area contributed by atoms with Crippen molar-refractivity contribution in [3.8, 4) is 0 Å². The van der Waals surface area contributed by atoms with E-state index in [1.165, 1.54) is 12.8 Å². The third-order valence-electron chi connectivity index (χ3n) is 7.55. The van der Waals surface area contributed by atoms with Crippen LogP contribution in [0.5, 0.6) is 0 Å². The van der Waals surface area contributed by atoms with Gasteiger partial charge in [0, 0.05) is 11.8 Å². The lowest BCUT2D eigenvalue weighted by Crippen LogP contribution is -2.31. The molecule has 0 amide bonds. The van der Waals surface area contributed by atoms with Gasteiger partial charge >= 0.3 is 5.97 Å². The first-order valence-corrected chi connectivity index (χ1v) is 12.1. The van der Waals surface area contributed by atoms with Gasteiger partial charge in [0.2, 0.25) is 0 Å². The van der Waals surface area contributed by atoms with Crippen LogP contribution in [-0.2, 0) is 19.1 Å². The lowest BCUT2D eigenvalue weighted by molar-refractivity contribution is -0.152. The van der Waals surface area contributed by atoms with Crippen molar-refractivity contribution in [3.05, 3.63) is 0 Å². The van der Waals surface area contributed by atoms with Gasteiger partial charge in [0.1, 0.15) is 5.78 Å². The van der Waals surface area contributed by atoms with Crippen LogP contribution in [0.2, 0.25) is 0 Å². The van der Waals surface area contributed by atoms with E-state index < -0.39 is 0 Å². The van der Waals surface area contributed by atoms with Crippen LogP contribution in [0, 0.1) is 29.6 Å². The Labute approximate surface area is 178 Å². The highest BCUT2D eigenvalue weighted by Gasteiger charge is 2.32. The van der Waals surface area contributed by atoms with E-state index in [0.29, 0.717) is 24.2 Å². The maximum atomic E-state index is 12.5. The van der Waals surface area contributed by atoms with Gasteiger partial charge in [-0.1, -0.05) is 20.8 Å². The largest absolute Gasteiger partial charge is 0.465 e. The topological polar surface area (TPSA) is 52.6 Å². The minimum atomic E-state index is -0.0328. The van der Waals surface area contributed by atoms with E-state index in [-0.39, 0.29) is 29.3 Å². The minimum Gasteiger partial charge on any atom is -0.465 e. The van der Waals surface area contributed by atoms with Gasteiger partial charge in [0.25, 0.3) is 0 Å². The molecule has 4 heteroatoms. The molecule has 0 aromatic carbocycles. The van der Waals surface area contributed by atoms with Crippen LogP contribution >= 0.6 is 0 Å². The van der Waals surface area contributed by atoms with Crippen LogP contribution in [0.25, 0.3) is 0 Å². The summed E-state index contributed by atoms with van der Waals surface area (Å²) in [4.78, 5) is 24.8. The summed E-state index contributed by atoms with van der Waals surface area (Å²) in [7, 11) is 0. The Kier molecular flexibility index (Phi) is 9.65. The molecule has 0 saturated heterocycles. The molecule has 2 fully saturated rings. The van der Waals surface area contributed by atoms with E-state index in [2.05, 4.69) is 27.7 Å². The number of carbonyl (C=O) groups excluding carboxylic acids is 2. The van der Waals surface area contributed by atoms with Crippen molar-refractivity contribution in [2.24, 2.45) is 29.6 Å². The number of ether oxygens (including phenoxy) is 2. The lowest BCUT2D eigenvalue weighted by Gasteiger charge is -2.32. The van der Waals surface area contributed by atoms with Crippen LogP contribution in [0.15, 0.2) is 0 Å². The molecule has 2 rings (SSSR count). The summed E-state index contributed by atoms with van der Waals surface area (Å²) in [5.74, 6) is 1.80. The van der Waals surface area contributed by atoms with Gasteiger partial charge in [-0.15, -0.1) is 0 Å². The molecule has 0 aliphatic heterocycles. The predicted octanol–water partition coefficient (Wildman–Crippen LogP) is 5.96. The molecule has 29 heavy (non-hydrogen) atoms. The first kappa shape index (κ1) is 24.4.